The average Bonchev–Trinajstić information content (AvgIpc) is 3.07. The second-order valence-electron chi connectivity index (χ2n) is 8.78. The molecule has 0 fully saturated rings. The van der Waals surface area contributed by atoms with Crippen molar-refractivity contribution in [2.45, 2.75) is 12.7 Å². The molecule has 210 valence electrons. The topological polar surface area (TPSA) is 106 Å². The van der Waals surface area contributed by atoms with Crippen LogP contribution in [-0.4, -0.2) is 46.6 Å². The molecule has 0 amide bonds. The summed E-state index contributed by atoms with van der Waals surface area (Å²) in [6.07, 6.45) is -3.12. The number of aromatic carboxylic acids is 1. The number of benzene rings is 3. The van der Waals surface area contributed by atoms with Crippen LogP contribution in [0.5, 0.6) is 11.5 Å². The summed E-state index contributed by atoms with van der Waals surface area (Å²) in [4.78, 5) is 24.9. The number of anilines is 2. The molecule has 13 heteroatoms. The Kier molecular flexibility index (Phi) is 7.50. The van der Waals surface area contributed by atoms with Gasteiger partial charge in [0.2, 0.25) is 5.95 Å². The monoisotopic (exact) mass is 586 g/mol. The van der Waals surface area contributed by atoms with Gasteiger partial charge in [0, 0.05) is 39.7 Å². The number of carboxylic acid groups (broad SMARTS) is 1. The van der Waals surface area contributed by atoms with Gasteiger partial charge in [-0.1, -0.05) is 23.7 Å². The number of hydrogen-bond donors (Lipinski definition) is 2. The van der Waals surface area contributed by atoms with Gasteiger partial charge in [0.1, 0.15) is 22.9 Å². The molecule has 0 saturated heterocycles. The molecule has 1 aliphatic rings. The molecule has 4 aromatic rings. The summed E-state index contributed by atoms with van der Waals surface area (Å²) in [5.41, 5.74) is 2.02. The molecule has 1 aromatic heterocycles. The highest BCUT2D eigenvalue weighted by molar-refractivity contribution is 6.31. The molecule has 0 atom stereocenters. The Hall–Kier alpha value is -4.71. The van der Waals surface area contributed by atoms with Gasteiger partial charge in [-0.05, 0) is 36.4 Å². The van der Waals surface area contributed by atoms with Crippen molar-refractivity contribution >= 4 is 34.9 Å². The largest absolute Gasteiger partial charge is 0.496 e. The van der Waals surface area contributed by atoms with Crippen molar-refractivity contribution in [3.05, 3.63) is 93.9 Å². The maximum Gasteiger partial charge on any atom is 0.422 e. The Morgan fingerprint density at radius 1 is 1.10 bits per heavy atom. The van der Waals surface area contributed by atoms with E-state index in [0.717, 1.165) is 6.07 Å². The van der Waals surface area contributed by atoms with E-state index in [1.165, 1.54) is 49.7 Å². The van der Waals surface area contributed by atoms with Crippen molar-refractivity contribution in [1.82, 2.24) is 9.97 Å². The Labute approximate surface area is 235 Å². The highest BCUT2D eigenvalue weighted by atomic mass is 35.5. The Morgan fingerprint density at radius 3 is 2.63 bits per heavy atom. The summed E-state index contributed by atoms with van der Waals surface area (Å²) in [5, 5.41) is 12.6. The van der Waals surface area contributed by atoms with Crippen LogP contribution < -0.4 is 14.8 Å². The van der Waals surface area contributed by atoms with Crippen LogP contribution in [0.3, 0.4) is 0 Å². The fourth-order valence-corrected chi connectivity index (χ4v) is 4.46. The fourth-order valence-electron chi connectivity index (χ4n) is 4.29. The van der Waals surface area contributed by atoms with Crippen LogP contribution in [0.25, 0.3) is 11.3 Å². The number of methoxy groups -OCH3 is 1. The van der Waals surface area contributed by atoms with Gasteiger partial charge in [0.25, 0.3) is 0 Å². The Balaban J connectivity index is 1.57. The van der Waals surface area contributed by atoms with Gasteiger partial charge >= 0.3 is 12.1 Å². The fraction of sp³-hybridized carbons (Fsp3) is 0.143. The third-order valence-electron chi connectivity index (χ3n) is 6.06. The van der Waals surface area contributed by atoms with Crippen molar-refractivity contribution < 1.29 is 36.9 Å². The number of fused-ring (bicyclic) bond motifs is 3. The third-order valence-corrected chi connectivity index (χ3v) is 6.29. The molecule has 0 aliphatic carbocycles. The van der Waals surface area contributed by atoms with Crippen molar-refractivity contribution in [1.29, 1.82) is 0 Å². The lowest BCUT2D eigenvalue weighted by Crippen LogP contribution is -2.21. The van der Waals surface area contributed by atoms with E-state index >= 15 is 4.39 Å². The van der Waals surface area contributed by atoms with Crippen LogP contribution in [0.2, 0.25) is 5.02 Å². The standard InChI is InChI=1S/C28H19ClF4N4O4/c1-40-22-10-16(6-8-18(22)26(38)39)36-27-35-12-14-11-34-25(19-9-15(29)5-7-17(19)24(14)37-27)23-20(30)3-2-4-21(23)41-13-28(31,32)33/h2-10,12H,11,13H2,1H3,(H,38,39)(H,35,36,37). The number of carbonyl (C=O) groups is 1. The quantitative estimate of drug-likeness (QED) is 0.233. The van der Waals surface area contributed by atoms with E-state index in [4.69, 9.17) is 21.1 Å². The lowest BCUT2D eigenvalue weighted by Gasteiger charge is -2.17. The smallest absolute Gasteiger partial charge is 0.422 e. The second kappa shape index (κ2) is 11.0. The van der Waals surface area contributed by atoms with E-state index in [9.17, 15) is 23.1 Å². The molecule has 3 aromatic carbocycles. The zero-order valence-electron chi connectivity index (χ0n) is 21.1. The van der Waals surface area contributed by atoms with Gasteiger partial charge < -0.3 is 19.9 Å². The van der Waals surface area contributed by atoms with Crippen LogP contribution >= 0.6 is 11.6 Å². The zero-order valence-corrected chi connectivity index (χ0v) is 21.8. The van der Waals surface area contributed by atoms with Crippen LogP contribution in [0.1, 0.15) is 27.0 Å². The summed E-state index contributed by atoms with van der Waals surface area (Å²) in [7, 11) is 1.35. The van der Waals surface area contributed by atoms with Gasteiger partial charge in [-0.25, -0.2) is 19.2 Å². The second-order valence-corrected chi connectivity index (χ2v) is 9.22. The summed E-state index contributed by atoms with van der Waals surface area (Å²) >= 11 is 6.29. The Bertz CT molecular complexity index is 1690. The molecular formula is C28H19ClF4N4O4. The molecule has 2 heterocycles. The predicted molar refractivity (Wildman–Crippen MR) is 143 cm³/mol. The van der Waals surface area contributed by atoms with Gasteiger partial charge in [0.05, 0.1) is 30.6 Å². The lowest BCUT2D eigenvalue weighted by atomic mass is 9.94. The zero-order chi connectivity index (χ0) is 29.3. The average molecular weight is 587 g/mol. The highest BCUT2D eigenvalue weighted by Crippen LogP contribution is 2.37. The van der Waals surface area contributed by atoms with E-state index in [0.29, 0.717) is 28.1 Å². The van der Waals surface area contributed by atoms with Crippen LogP contribution in [0.15, 0.2) is 65.8 Å². The van der Waals surface area contributed by atoms with Gasteiger partial charge in [-0.15, -0.1) is 0 Å². The normalized spacial score (nSPS) is 12.5. The number of alkyl halides is 3. The van der Waals surface area contributed by atoms with E-state index in [1.807, 2.05) is 0 Å². The molecule has 0 saturated carbocycles. The number of aliphatic imine (C=N–C) groups is 1. The molecule has 41 heavy (non-hydrogen) atoms. The first-order chi connectivity index (χ1) is 19.5. The van der Waals surface area contributed by atoms with E-state index < -0.39 is 24.6 Å². The van der Waals surface area contributed by atoms with Gasteiger partial charge in [0.15, 0.2) is 6.61 Å². The van der Waals surface area contributed by atoms with Crippen molar-refractivity contribution in [2.75, 3.05) is 19.0 Å². The molecule has 0 radical (unpaired) electrons. The van der Waals surface area contributed by atoms with E-state index in [2.05, 4.69) is 20.3 Å². The number of ether oxygens (including phenoxy) is 2. The molecule has 8 nitrogen and oxygen atoms in total. The minimum atomic E-state index is -4.64. The number of nitrogens with one attached hydrogen (secondary N) is 1. The molecule has 0 bridgehead atoms. The van der Waals surface area contributed by atoms with Crippen molar-refractivity contribution in [2.24, 2.45) is 4.99 Å². The molecule has 5 rings (SSSR count). The van der Waals surface area contributed by atoms with Crippen molar-refractivity contribution in [3.63, 3.8) is 0 Å². The van der Waals surface area contributed by atoms with E-state index in [1.54, 1.807) is 12.1 Å². The summed E-state index contributed by atoms with van der Waals surface area (Å²) in [6, 6.07) is 12.7. The summed E-state index contributed by atoms with van der Waals surface area (Å²) in [5.74, 6) is -2.03. The van der Waals surface area contributed by atoms with Gasteiger partial charge in [-0.3, -0.25) is 4.99 Å². The van der Waals surface area contributed by atoms with E-state index in [-0.39, 0.29) is 45.9 Å². The number of carboxylic acids is 1. The maximum absolute atomic E-state index is 15.2. The maximum atomic E-state index is 15.2. The highest BCUT2D eigenvalue weighted by Gasteiger charge is 2.31. The lowest BCUT2D eigenvalue weighted by molar-refractivity contribution is -0.153. The van der Waals surface area contributed by atoms with Crippen LogP contribution in [-0.2, 0) is 6.54 Å². The van der Waals surface area contributed by atoms with Crippen LogP contribution in [0, 0.1) is 5.82 Å². The molecule has 0 spiro atoms. The van der Waals surface area contributed by atoms with Crippen molar-refractivity contribution in [3.8, 4) is 22.8 Å². The predicted octanol–water partition coefficient (Wildman–Crippen LogP) is 6.68. The number of aromatic nitrogens is 2. The first-order valence-electron chi connectivity index (χ1n) is 11.9. The third kappa shape index (κ3) is 5.92. The van der Waals surface area contributed by atoms with Gasteiger partial charge in [-0.2, -0.15) is 13.2 Å². The number of nitrogens with zero attached hydrogens (tertiary/aromatic N) is 3. The van der Waals surface area contributed by atoms with Crippen LogP contribution in [0.4, 0.5) is 29.2 Å². The molecule has 0 unspecified atom stereocenters. The summed E-state index contributed by atoms with van der Waals surface area (Å²) < 4.78 is 64.1. The number of hydrogen-bond acceptors (Lipinski definition) is 7. The molecule has 1 aliphatic heterocycles. The minimum absolute atomic E-state index is 0.0224. The number of rotatable bonds is 7. The first-order valence-corrected chi connectivity index (χ1v) is 12.3. The summed E-state index contributed by atoms with van der Waals surface area (Å²) in [6.45, 7) is -1.64. The number of halogens is 5. The Morgan fingerprint density at radius 2 is 1.90 bits per heavy atom. The minimum Gasteiger partial charge on any atom is -0.496 e. The molecule has 2 N–H and O–H groups in total. The first kappa shape index (κ1) is 27.8. The SMILES string of the molecule is COc1cc(Nc2ncc3c(n2)-c2ccc(Cl)cc2C(c2c(F)cccc2OCC(F)(F)F)=NC3)ccc1C(=O)O. The molecular weight excluding hydrogens is 568 g/mol.